The van der Waals surface area contributed by atoms with E-state index in [1.807, 2.05) is 35.0 Å². The van der Waals surface area contributed by atoms with Gasteiger partial charge in [0, 0.05) is 46.0 Å². The van der Waals surface area contributed by atoms with Crippen molar-refractivity contribution in [3.63, 3.8) is 0 Å². The molecule has 3 heterocycles. The number of rotatable bonds is 4. The number of nitrogen functional groups attached to an aromatic ring is 1. The molecule has 1 aliphatic rings. The number of nitrogens with zero attached hydrogens (tertiary/aromatic N) is 3. The number of pyridine rings is 2. The topological polar surface area (TPSA) is 95.3 Å². The molecule has 0 amide bonds. The summed E-state index contributed by atoms with van der Waals surface area (Å²) in [5, 5.41) is 10.8. The number of ether oxygens (including phenoxy) is 1. The fraction of sp³-hybridized carbons (Fsp3) is 0.185. The third-order valence-electron chi connectivity index (χ3n) is 6.89. The van der Waals surface area contributed by atoms with Gasteiger partial charge in [-0.25, -0.2) is 9.37 Å². The molecule has 8 heteroatoms. The second kappa shape index (κ2) is 7.95. The number of anilines is 1. The van der Waals surface area contributed by atoms with Crippen molar-refractivity contribution in [2.24, 2.45) is 0 Å². The molecular formula is C27H23FN4O3. The van der Waals surface area contributed by atoms with Gasteiger partial charge in [-0.05, 0) is 37.1 Å². The molecule has 3 N–H and O–H groups in total. The van der Waals surface area contributed by atoms with Crippen LogP contribution in [-0.4, -0.2) is 32.4 Å². The number of aliphatic hydroxyl groups is 1. The van der Waals surface area contributed by atoms with Crippen LogP contribution in [0, 0.1) is 5.82 Å². The van der Waals surface area contributed by atoms with Crippen molar-refractivity contribution in [3.8, 4) is 22.6 Å². The summed E-state index contributed by atoms with van der Waals surface area (Å²) in [6.45, 7) is 0. The highest BCUT2D eigenvalue weighted by Crippen LogP contribution is 2.42. The average Bonchev–Trinajstić information content (AvgIpc) is 3.23. The third kappa shape index (κ3) is 3.21. The van der Waals surface area contributed by atoms with Crippen LogP contribution < -0.4 is 16.0 Å². The van der Waals surface area contributed by atoms with Crippen molar-refractivity contribution in [1.82, 2.24) is 14.1 Å². The number of aromatic nitrogens is 3. The van der Waals surface area contributed by atoms with Crippen molar-refractivity contribution < 1.29 is 14.2 Å². The van der Waals surface area contributed by atoms with E-state index >= 15 is 4.39 Å². The number of halogens is 1. The fourth-order valence-corrected chi connectivity index (χ4v) is 5.03. The Morgan fingerprint density at radius 1 is 1.06 bits per heavy atom. The Morgan fingerprint density at radius 3 is 2.54 bits per heavy atom. The lowest BCUT2D eigenvalue weighted by molar-refractivity contribution is 0.0504. The summed E-state index contributed by atoms with van der Waals surface area (Å²) in [4.78, 5) is 17.8. The van der Waals surface area contributed by atoms with Crippen LogP contribution in [0.15, 0.2) is 71.9 Å². The summed E-state index contributed by atoms with van der Waals surface area (Å²) in [7, 11) is 1.49. The number of hydrogen-bond acceptors (Lipinski definition) is 5. The molecule has 3 aromatic heterocycles. The molecule has 2 aromatic carbocycles. The second-order valence-corrected chi connectivity index (χ2v) is 8.88. The van der Waals surface area contributed by atoms with E-state index in [9.17, 15) is 9.90 Å². The molecule has 0 saturated heterocycles. The summed E-state index contributed by atoms with van der Waals surface area (Å²) >= 11 is 0. The monoisotopic (exact) mass is 470 g/mol. The second-order valence-electron chi connectivity index (χ2n) is 8.88. The van der Waals surface area contributed by atoms with Crippen molar-refractivity contribution in [2.45, 2.75) is 25.0 Å². The summed E-state index contributed by atoms with van der Waals surface area (Å²) < 4.78 is 25.2. The van der Waals surface area contributed by atoms with E-state index in [0.717, 1.165) is 5.52 Å². The Labute approximate surface area is 199 Å². The van der Waals surface area contributed by atoms with Gasteiger partial charge in [0.25, 0.3) is 5.56 Å². The Kier molecular flexibility index (Phi) is 4.86. The minimum Gasteiger partial charge on any atom is -0.495 e. The maximum atomic E-state index is 16.3. The van der Waals surface area contributed by atoms with Crippen LogP contribution in [0.5, 0.6) is 5.75 Å². The van der Waals surface area contributed by atoms with Gasteiger partial charge in [-0.2, -0.15) is 0 Å². The maximum absolute atomic E-state index is 16.3. The van der Waals surface area contributed by atoms with Gasteiger partial charge < -0.3 is 20.1 Å². The van der Waals surface area contributed by atoms with Gasteiger partial charge in [-0.1, -0.05) is 24.3 Å². The van der Waals surface area contributed by atoms with Gasteiger partial charge >= 0.3 is 0 Å². The lowest BCUT2D eigenvalue weighted by Gasteiger charge is -2.33. The zero-order chi connectivity index (χ0) is 24.3. The molecule has 0 radical (unpaired) electrons. The molecule has 1 aliphatic carbocycles. The number of hydrogen-bond donors (Lipinski definition) is 2. The first kappa shape index (κ1) is 21.4. The predicted molar refractivity (Wildman–Crippen MR) is 133 cm³/mol. The van der Waals surface area contributed by atoms with E-state index < -0.39 is 11.4 Å². The van der Waals surface area contributed by atoms with E-state index in [-0.39, 0.29) is 28.9 Å². The quantitative estimate of drug-likeness (QED) is 0.405. The largest absolute Gasteiger partial charge is 0.495 e. The van der Waals surface area contributed by atoms with E-state index in [2.05, 4.69) is 4.98 Å². The summed E-state index contributed by atoms with van der Waals surface area (Å²) in [5.74, 6) is 0.0240. The van der Waals surface area contributed by atoms with Gasteiger partial charge in [-0.15, -0.1) is 0 Å². The van der Waals surface area contributed by atoms with Crippen molar-refractivity contribution in [3.05, 3.63) is 83.3 Å². The number of nitrogens with two attached hydrogens (primary N) is 1. The minimum absolute atomic E-state index is 0.0619. The number of benzene rings is 2. The van der Waals surface area contributed by atoms with E-state index in [1.54, 1.807) is 36.7 Å². The molecule has 7 nitrogen and oxygen atoms in total. The van der Waals surface area contributed by atoms with Crippen LogP contribution in [0.3, 0.4) is 0 Å². The van der Waals surface area contributed by atoms with E-state index in [0.29, 0.717) is 40.6 Å². The van der Waals surface area contributed by atoms with Crippen LogP contribution >= 0.6 is 0 Å². The Bertz CT molecular complexity index is 1650. The predicted octanol–water partition coefficient (Wildman–Crippen LogP) is 4.43. The number of fused-ring (bicyclic) bond motifs is 2. The zero-order valence-electron chi connectivity index (χ0n) is 19.0. The SMILES string of the molecule is COc1cn(-c2ccccc2)c(=O)c2c(F)c(-c3cn(C4CC(O)C4)c4ccnc(N)c34)ccc12. The van der Waals surface area contributed by atoms with Gasteiger partial charge in [0.1, 0.15) is 17.4 Å². The molecule has 1 fully saturated rings. The van der Waals surface area contributed by atoms with E-state index in [4.69, 9.17) is 10.5 Å². The molecule has 0 atom stereocenters. The van der Waals surface area contributed by atoms with Crippen molar-refractivity contribution in [1.29, 1.82) is 0 Å². The van der Waals surface area contributed by atoms with Crippen LogP contribution in [-0.2, 0) is 0 Å². The lowest BCUT2D eigenvalue weighted by atomic mass is 9.89. The third-order valence-corrected chi connectivity index (χ3v) is 6.89. The Hall–Kier alpha value is -4.17. The van der Waals surface area contributed by atoms with Crippen LogP contribution in [0.2, 0.25) is 0 Å². The van der Waals surface area contributed by atoms with Crippen molar-refractivity contribution in [2.75, 3.05) is 12.8 Å². The molecule has 176 valence electrons. The van der Waals surface area contributed by atoms with Crippen molar-refractivity contribution >= 4 is 27.5 Å². The highest BCUT2D eigenvalue weighted by molar-refractivity contribution is 6.04. The Balaban J connectivity index is 1.64. The number of para-hydroxylation sites is 1. The first-order valence-electron chi connectivity index (χ1n) is 11.4. The molecule has 6 rings (SSSR count). The highest BCUT2D eigenvalue weighted by atomic mass is 19.1. The lowest BCUT2D eigenvalue weighted by Crippen LogP contribution is -2.30. The zero-order valence-corrected chi connectivity index (χ0v) is 19.0. The highest BCUT2D eigenvalue weighted by Gasteiger charge is 2.31. The normalized spacial score (nSPS) is 17.6. The summed E-state index contributed by atoms with van der Waals surface area (Å²) in [5.41, 5.74) is 8.00. The van der Waals surface area contributed by atoms with Crippen LogP contribution in [0.4, 0.5) is 10.2 Å². The molecule has 5 aromatic rings. The smallest absolute Gasteiger partial charge is 0.266 e. The summed E-state index contributed by atoms with van der Waals surface area (Å²) in [6.07, 6.45) is 5.93. The van der Waals surface area contributed by atoms with Crippen LogP contribution in [0.25, 0.3) is 38.5 Å². The van der Waals surface area contributed by atoms with Crippen LogP contribution in [0.1, 0.15) is 18.9 Å². The molecular weight excluding hydrogens is 447 g/mol. The maximum Gasteiger partial charge on any atom is 0.266 e. The standard InChI is InChI=1S/C27H23FN4O3/c1-35-22-14-32(15-5-3-2-4-6-15)27(34)24-19(22)8-7-18(25(24)28)20-13-31(16-11-17(33)12-16)21-9-10-30-26(29)23(20)21/h2-10,13-14,16-17,33H,11-12H2,1H3,(H2,29,30). The van der Waals surface area contributed by atoms with Gasteiger partial charge in [0.05, 0.1) is 30.3 Å². The molecule has 1 saturated carbocycles. The summed E-state index contributed by atoms with van der Waals surface area (Å²) in [6, 6.07) is 14.3. The average molecular weight is 471 g/mol. The molecule has 35 heavy (non-hydrogen) atoms. The molecule has 0 bridgehead atoms. The molecule has 0 aliphatic heterocycles. The van der Waals surface area contributed by atoms with Gasteiger partial charge in [-0.3, -0.25) is 9.36 Å². The minimum atomic E-state index is -0.646. The first-order valence-corrected chi connectivity index (χ1v) is 11.4. The van der Waals surface area contributed by atoms with E-state index in [1.165, 1.54) is 11.7 Å². The molecule has 0 unspecified atom stereocenters. The number of methoxy groups -OCH3 is 1. The van der Waals surface area contributed by atoms with Gasteiger partial charge in [0.15, 0.2) is 0 Å². The first-order chi connectivity index (χ1) is 17.0. The molecule has 0 spiro atoms. The Morgan fingerprint density at radius 2 is 1.83 bits per heavy atom. The fourth-order valence-electron chi connectivity index (χ4n) is 5.03. The van der Waals surface area contributed by atoms with Gasteiger partial charge in [0.2, 0.25) is 0 Å². The number of aliphatic hydroxyl groups excluding tert-OH is 1.